The summed E-state index contributed by atoms with van der Waals surface area (Å²) in [5.74, 6) is -0.0791. The van der Waals surface area contributed by atoms with Crippen molar-refractivity contribution in [1.82, 2.24) is 0 Å². The minimum absolute atomic E-state index is 0.00914. The quantitative estimate of drug-likeness (QED) is 0.254. The summed E-state index contributed by atoms with van der Waals surface area (Å²) < 4.78 is 21.2. The minimum Gasteiger partial charge on any atom is -0.492 e. The summed E-state index contributed by atoms with van der Waals surface area (Å²) in [7, 11) is 1.44. The first-order chi connectivity index (χ1) is 11.6. The lowest BCUT2D eigenvalue weighted by Gasteiger charge is -2.12. The molecule has 6 heteroatoms. The minimum atomic E-state index is -0.682. The first-order valence-corrected chi connectivity index (χ1v) is 7.68. The summed E-state index contributed by atoms with van der Waals surface area (Å²) in [6.07, 6.45) is 5.62. The van der Waals surface area contributed by atoms with E-state index in [9.17, 15) is 9.59 Å². The van der Waals surface area contributed by atoms with Gasteiger partial charge >= 0.3 is 11.6 Å². The summed E-state index contributed by atoms with van der Waals surface area (Å²) in [6, 6.07) is 4.92. The average Bonchev–Trinajstić information content (AvgIpc) is 2.55. The first-order valence-electron chi connectivity index (χ1n) is 7.68. The summed E-state index contributed by atoms with van der Waals surface area (Å²) in [5.41, 5.74) is -0.536. The van der Waals surface area contributed by atoms with Crippen molar-refractivity contribution in [2.45, 2.75) is 26.7 Å². The van der Waals surface area contributed by atoms with E-state index in [0.717, 1.165) is 6.42 Å². The Morgan fingerprint density at radius 3 is 2.71 bits per heavy atom. The van der Waals surface area contributed by atoms with Crippen LogP contribution in [0.2, 0.25) is 0 Å². The van der Waals surface area contributed by atoms with Crippen molar-refractivity contribution in [3.63, 3.8) is 0 Å². The van der Waals surface area contributed by atoms with Crippen LogP contribution in [0.3, 0.4) is 0 Å². The number of para-hydroxylation sites is 1. The van der Waals surface area contributed by atoms with Crippen molar-refractivity contribution < 1.29 is 23.4 Å². The van der Waals surface area contributed by atoms with Crippen molar-refractivity contribution in [3.8, 4) is 17.2 Å². The van der Waals surface area contributed by atoms with Gasteiger partial charge in [-0.05, 0) is 25.0 Å². The van der Waals surface area contributed by atoms with Crippen molar-refractivity contribution >= 4 is 16.9 Å². The molecule has 2 aromatic rings. The molecule has 2 rings (SSSR count). The van der Waals surface area contributed by atoms with E-state index in [0.29, 0.717) is 18.4 Å². The highest BCUT2D eigenvalue weighted by Crippen LogP contribution is 2.36. The summed E-state index contributed by atoms with van der Waals surface area (Å²) in [6.45, 7) is 3.64. The second-order valence-corrected chi connectivity index (χ2v) is 5.00. The van der Waals surface area contributed by atoms with Crippen LogP contribution in [0, 0.1) is 0 Å². The number of esters is 1. The Labute approximate surface area is 139 Å². The SMILES string of the molecule is CC/C=C/CCOc1c(OC)c2cccc(OC(C)=O)c2oc1=O. The molecule has 0 fully saturated rings. The van der Waals surface area contributed by atoms with Crippen LogP contribution in [0.4, 0.5) is 0 Å². The normalized spacial score (nSPS) is 11.0. The van der Waals surface area contributed by atoms with Crippen molar-refractivity contribution in [3.05, 3.63) is 40.8 Å². The third-order valence-corrected chi connectivity index (χ3v) is 3.20. The van der Waals surface area contributed by atoms with Gasteiger partial charge in [-0.2, -0.15) is 0 Å². The predicted octanol–water partition coefficient (Wildman–Crippen LogP) is 3.46. The fourth-order valence-electron chi connectivity index (χ4n) is 2.23. The maximum absolute atomic E-state index is 12.2. The third-order valence-electron chi connectivity index (χ3n) is 3.20. The second-order valence-electron chi connectivity index (χ2n) is 5.00. The molecular formula is C18H20O6. The van der Waals surface area contributed by atoms with Crippen molar-refractivity contribution in [2.24, 2.45) is 0 Å². The Morgan fingerprint density at radius 2 is 2.04 bits per heavy atom. The lowest BCUT2D eigenvalue weighted by molar-refractivity contribution is -0.131. The maximum atomic E-state index is 12.2. The van der Waals surface area contributed by atoms with Gasteiger partial charge in [0.15, 0.2) is 17.1 Å². The fourth-order valence-corrected chi connectivity index (χ4v) is 2.23. The number of benzene rings is 1. The Bertz CT molecular complexity index is 803. The van der Waals surface area contributed by atoms with E-state index >= 15 is 0 Å². The van der Waals surface area contributed by atoms with Gasteiger partial charge < -0.3 is 18.6 Å². The molecule has 0 amide bonds. The smallest absolute Gasteiger partial charge is 0.383 e. The molecule has 1 heterocycles. The van der Waals surface area contributed by atoms with Gasteiger partial charge in [-0.1, -0.05) is 25.1 Å². The van der Waals surface area contributed by atoms with Crippen LogP contribution >= 0.6 is 0 Å². The van der Waals surface area contributed by atoms with Crippen LogP contribution in [0.25, 0.3) is 11.0 Å². The highest BCUT2D eigenvalue weighted by Gasteiger charge is 2.19. The average molecular weight is 332 g/mol. The van der Waals surface area contributed by atoms with E-state index in [1.807, 2.05) is 19.1 Å². The predicted molar refractivity (Wildman–Crippen MR) is 89.9 cm³/mol. The monoisotopic (exact) mass is 332 g/mol. The van der Waals surface area contributed by atoms with E-state index in [2.05, 4.69) is 0 Å². The van der Waals surface area contributed by atoms with Crippen molar-refractivity contribution in [2.75, 3.05) is 13.7 Å². The van der Waals surface area contributed by atoms with Crippen LogP contribution < -0.4 is 19.8 Å². The number of methoxy groups -OCH3 is 1. The van der Waals surface area contributed by atoms with Crippen LogP contribution in [-0.4, -0.2) is 19.7 Å². The molecule has 24 heavy (non-hydrogen) atoms. The number of hydrogen-bond acceptors (Lipinski definition) is 6. The van der Waals surface area contributed by atoms with Gasteiger partial charge in [0.05, 0.1) is 19.1 Å². The van der Waals surface area contributed by atoms with Crippen LogP contribution in [-0.2, 0) is 4.79 Å². The Hall–Kier alpha value is -2.76. The molecule has 0 saturated heterocycles. The van der Waals surface area contributed by atoms with Gasteiger partial charge in [0.2, 0.25) is 5.75 Å². The molecule has 6 nitrogen and oxygen atoms in total. The van der Waals surface area contributed by atoms with Gasteiger partial charge in [-0.25, -0.2) is 4.79 Å². The molecule has 0 unspecified atom stereocenters. The molecule has 0 radical (unpaired) electrons. The molecule has 1 aromatic carbocycles. The van der Waals surface area contributed by atoms with Crippen LogP contribution in [0.1, 0.15) is 26.7 Å². The first kappa shape index (κ1) is 17.6. The lowest BCUT2D eigenvalue weighted by atomic mass is 10.2. The highest BCUT2D eigenvalue weighted by molar-refractivity contribution is 5.91. The maximum Gasteiger partial charge on any atom is 0.383 e. The molecule has 0 atom stereocenters. The zero-order valence-electron chi connectivity index (χ0n) is 14.0. The number of ether oxygens (including phenoxy) is 3. The molecule has 0 aliphatic carbocycles. The summed E-state index contributed by atoms with van der Waals surface area (Å²) >= 11 is 0. The van der Waals surface area contributed by atoms with Gasteiger partial charge in [-0.3, -0.25) is 4.79 Å². The number of carbonyl (C=O) groups excluding carboxylic acids is 1. The Kier molecular flexibility index (Phi) is 6.01. The molecule has 0 saturated carbocycles. The highest BCUT2D eigenvalue weighted by atomic mass is 16.5. The van der Waals surface area contributed by atoms with E-state index in [-0.39, 0.29) is 22.8 Å². The largest absolute Gasteiger partial charge is 0.492 e. The molecule has 0 N–H and O–H groups in total. The zero-order valence-corrected chi connectivity index (χ0v) is 14.0. The number of hydrogen-bond donors (Lipinski definition) is 0. The van der Waals surface area contributed by atoms with Crippen LogP contribution in [0.5, 0.6) is 17.2 Å². The number of fused-ring (bicyclic) bond motifs is 1. The van der Waals surface area contributed by atoms with E-state index in [4.69, 9.17) is 18.6 Å². The number of allylic oxidation sites excluding steroid dienone is 1. The van der Waals surface area contributed by atoms with Crippen LogP contribution in [0.15, 0.2) is 39.6 Å². The van der Waals surface area contributed by atoms with E-state index < -0.39 is 11.6 Å². The Balaban J connectivity index is 2.43. The van der Waals surface area contributed by atoms with Gasteiger partial charge in [0.25, 0.3) is 0 Å². The topological polar surface area (TPSA) is 75.0 Å². The van der Waals surface area contributed by atoms with Crippen molar-refractivity contribution in [1.29, 1.82) is 0 Å². The number of rotatable bonds is 7. The molecular weight excluding hydrogens is 312 g/mol. The van der Waals surface area contributed by atoms with Gasteiger partial charge in [0.1, 0.15) is 0 Å². The molecule has 0 spiro atoms. The lowest BCUT2D eigenvalue weighted by Crippen LogP contribution is -2.11. The third kappa shape index (κ3) is 3.95. The zero-order chi connectivity index (χ0) is 17.5. The fraction of sp³-hybridized carbons (Fsp3) is 0.333. The van der Waals surface area contributed by atoms with E-state index in [1.165, 1.54) is 14.0 Å². The molecule has 1 aromatic heterocycles. The van der Waals surface area contributed by atoms with Gasteiger partial charge in [0, 0.05) is 6.92 Å². The molecule has 0 aliphatic rings. The van der Waals surface area contributed by atoms with Gasteiger partial charge in [-0.15, -0.1) is 0 Å². The standard InChI is InChI=1S/C18H20O6/c1-4-5-6-7-11-22-17-16(21-3)13-9-8-10-14(23-12(2)19)15(13)24-18(17)20/h5-6,8-10H,4,7,11H2,1-3H3/b6-5+. The molecule has 128 valence electrons. The summed E-state index contributed by atoms with van der Waals surface area (Å²) in [5, 5.41) is 0.495. The summed E-state index contributed by atoms with van der Waals surface area (Å²) in [4.78, 5) is 23.4. The van der Waals surface area contributed by atoms with E-state index in [1.54, 1.807) is 18.2 Å². The Morgan fingerprint density at radius 1 is 1.25 bits per heavy atom. The second kappa shape index (κ2) is 8.19. The molecule has 0 bridgehead atoms. The molecule has 0 aliphatic heterocycles. The number of carbonyl (C=O) groups is 1.